The van der Waals surface area contributed by atoms with Crippen LogP contribution in [-0.4, -0.2) is 37.4 Å². The summed E-state index contributed by atoms with van der Waals surface area (Å²) >= 11 is 3.03. The fraction of sp³-hybridized carbons (Fsp3) is 0.273. The smallest absolute Gasteiger partial charge is 0.230 e. The Bertz CT molecular complexity index is 955. The van der Waals surface area contributed by atoms with Gasteiger partial charge in [0.15, 0.2) is 15.8 Å². The molecule has 2 aromatic carbocycles. The summed E-state index contributed by atoms with van der Waals surface area (Å²) in [5, 5.41) is 4.99. The number of nitrogens with zero attached hydrogens (tertiary/aromatic N) is 1. The molecule has 1 heterocycles. The molecule has 1 N–H and O–H groups in total. The van der Waals surface area contributed by atoms with Gasteiger partial charge in [-0.2, -0.15) is 0 Å². The third kappa shape index (κ3) is 5.98. The van der Waals surface area contributed by atoms with E-state index in [0.717, 1.165) is 27.6 Å². The molecule has 7 heteroatoms. The molecule has 0 atom stereocenters. The molecule has 0 aliphatic rings. The monoisotopic (exact) mass is 428 g/mol. The van der Waals surface area contributed by atoms with Gasteiger partial charge in [-0.15, -0.1) is 11.3 Å². The van der Waals surface area contributed by atoms with E-state index in [1.54, 1.807) is 25.6 Å². The Balaban J connectivity index is 1.44. The van der Waals surface area contributed by atoms with Crippen molar-refractivity contribution >= 4 is 29.0 Å². The molecule has 1 aromatic heterocycles. The number of thioether (sulfide) groups is 1. The molecular formula is C22H24N2O3S2. The van der Waals surface area contributed by atoms with Gasteiger partial charge in [0.2, 0.25) is 5.91 Å². The van der Waals surface area contributed by atoms with Gasteiger partial charge in [0.1, 0.15) is 0 Å². The Labute approximate surface area is 179 Å². The standard InChI is InChI=1S/C22H24N2O3S2/c1-15-4-7-17(8-5-15)18-13-28-22(24-18)29-14-21(25)23-11-10-16-6-9-19(26-2)20(12-16)27-3/h4-9,12-13H,10-11,14H2,1-3H3,(H,23,25). The van der Waals surface area contributed by atoms with Gasteiger partial charge in [0.25, 0.3) is 0 Å². The van der Waals surface area contributed by atoms with Crippen LogP contribution in [0.5, 0.6) is 11.5 Å². The molecule has 0 radical (unpaired) electrons. The summed E-state index contributed by atoms with van der Waals surface area (Å²) < 4.78 is 11.4. The first-order valence-corrected chi connectivity index (χ1v) is 11.1. The van der Waals surface area contributed by atoms with E-state index in [1.807, 2.05) is 23.6 Å². The molecule has 0 saturated heterocycles. The first kappa shape index (κ1) is 21.2. The topological polar surface area (TPSA) is 60.5 Å². The van der Waals surface area contributed by atoms with Crippen LogP contribution in [-0.2, 0) is 11.2 Å². The Morgan fingerprint density at radius 1 is 1.10 bits per heavy atom. The Hall–Kier alpha value is -2.51. The second kappa shape index (κ2) is 10.3. The Kier molecular flexibility index (Phi) is 7.55. The number of aryl methyl sites for hydroxylation is 1. The molecule has 3 rings (SSSR count). The molecule has 0 aliphatic carbocycles. The lowest BCUT2D eigenvalue weighted by Crippen LogP contribution is -2.27. The minimum absolute atomic E-state index is 0.00237. The zero-order valence-electron chi connectivity index (χ0n) is 16.7. The lowest BCUT2D eigenvalue weighted by atomic mass is 10.1. The van der Waals surface area contributed by atoms with Crippen molar-refractivity contribution in [3.63, 3.8) is 0 Å². The summed E-state index contributed by atoms with van der Waals surface area (Å²) in [6, 6.07) is 14.1. The normalized spacial score (nSPS) is 10.6. The van der Waals surface area contributed by atoms with Crippen molar-refractivity contribution < 1.29 is 14.3 Å². The molecule has 152 valence electrons. The van der Waals surface area contributed by atoms with E-state index in [2.05, 4.69) is 41.5 Å². The fourth-order valence-electron chi connectivity index (χ4n) is 2.74. The number of hydrogen-bond acceptors (Lipinski definition) is 6. The van der Waals surface area contributed by atoms with E-state index >= 15 is 0 Å². The number of benzene rings is 2. The number of thiazole rings is 1. The molecule has 5 nitrogen and oxygen atoms in total. The highest BCUT2D eigenvalue weighted by molar-refractivity contribution is 8.01. The SMILES string of the molecule is COc1ccc(CCNC(=O)CSc2nc(-c3ccc(C)cc3)cs2)cc1OC. The molecular weight excluding hydrogens is 404 g/mol. The van der Waals surface area contributed by atoms with Crippen molar-refractivity contribution in [1.29, 1.82) is 0 Å². The number of hydrogen-bond donors (Lipinski definition) is 1. The third-order valence-electron chi connectivity index (χ3n) is 4.34. The van der Waals surface area contributed by atoms with E-state index in [-0.39, 0.29) is 5.91 Å². The average molecular weight is 429 g/mol. The van der Waals surface area contributed by atoms with E-state index in [9.17, 15) is 4.79 Å². The van der Waals surface area contributed by atoms with E-state index < -0.39 is 0 Å². The van der Waals surface area contributed by atoms with E-state index in [0.29, 0.717) is 23.8 Å². The molecule has 0 unspecified atom stereocenters. The average Bonchev–Trinajstić information content (AvgIpc) is 3.21. The summed E-state index contributed by atoms with van der Waals surface area (Å²) in [6.07, 6.45) is 0.728. The predicted octanol–water partition coefficient (Wildman–Crippen LogP) is 4.59. The van der Waals surface area contributed by atoms with E-state index in [4.69, 9.17) is 9.47 Å². The van der Waals surface area contributed by atoms with Crippen LogP contribution in [0.3, 0.4) is 0 Å². The van der Waals surface area contributed by atoms with Gasteiger partial charge >= 0.3 is 0 Å². The van der Waals surface area contributed by atoms with Gasteiger partial charge in [-0.05, 0) is 31.0 Å². The van der Waals surface area contributed by atoms with Gasteiger partial charge in [-0.25, -0.2) is 4.98 Å². The van der Waals surface area contributed by atoms with Gasteiger partial charge in [-0.3, -0.25) is 4.79 Å². The first-order chi connectivity index (χ1) is 14.1. The zero-order valence-corrected chi connectivity index (χ0v) is 18.4. The Morgan fingerprint density at radius 2 is 1.86 bits per heavy atom. The Morgan fingerprint density at radius 3 is 2.59 bits per heavy atom. The van der Waals surface area contributed by atoms with Gasteiger partial charge in [-0.1, -0.05) is 47.7 Å². The van der Waals surface area contributed by atoms with Crippen molar-refractivity contribution in [1.82, 2.24) is 10.3 Å². The van der Waals surface area contributed by atoms with Crippen molar-refractivity contribution in [2.24, 2.45) is 0 Å². The number of carbonyl (C=O) groups is 1. The van der Waals surface area contributed by atoms with Crippen molar-refractivity contribution in [3.8, 4) is 22.8 Å². The number of carbonyl (C=O) groups excluding carboxylic acids is 1. The fourth-order valence-corrected chi connectivity index (χ4v) is 4.41. The van der Waals surface area contributed by atoms with Gasteiger partial charge in [0, 0.05) is 17.5 Å². The molecule has 0 bridgehead atoms. The summed E-state index contributed by atoms with van der Waals surface area (Å²) in [4.78, 5) is 16.8. The summed E-state index contributed by atoms with van der Waals surface area (Å²) in [5.41, 5.74) is 4.35. The number of rotatable bonds is 9. The van der Waals surface area contributed by atoms with Crippen LogP contribution in [0.2, 0.25) is 0 Å². The molecule has 3 aromatic rings. The van der Waals surface area contributed by atoms with Crippen LogP contribution >= 0.6 is 23.1 Å². The second-order valence-corrected chi connectivity index (χ2v) is 8.52. The van der Waals surface area contributed by atoms with Crippen LogP contribution < -0.4 is 14.8 Å². The molecule has 0 aliphatic heterocycles. The second-order valence-electron chi connectivity index (χ2n) is 6.44. The van der Waals surface area contributed by atoms with Crippen molar-refractivity contribution in [2.45, 2.75) is 17.7 Å². The molecule has 0 saturated carbocycles. The zero-order chi connectivity index (χ0) is 20.6. The highest BCUT2D eigenvalue weighted by Gasteiger charge is 2.09. The summed E-state index contributed by atoms with van der Waals surface area (Å²) in [5.74, 6) is 1.75. The summed E-state index contributed by atoms with van der Waals surface area (Å²) in [6.45, 7) is 2.64. The highest BCUT2D eigenvalue weighted by Crippen LogP contribution is 2.29. The molecule has 0 fully saturated rings. The maximum atomic E-state index is 12.1. The quantitative estimate of drug-likeness (QED) is 0.505. The van der Waals surface area contributed by atoms with Gasteiger partial charge < -0.3 is 14.8 Å². The van der Waals surface area contributed by atoms with Crippen LogP contribution in [0, 0.1) is 6.92 Å². The predicted molar refractivity (Wildman–Crippen MR) is 119 cm³/mol. The maximum absolute atomic E-state index is 12.1. The lowest BCUT2D eigenvalue weighted by molar-refractivity contribution is -0.118. The summed E-state index contributed by atoms with van der Waals surface area (Å²) in [7, 11) is 3.23. The molecule has 29 heavy (non-hydrogen) atoms. The number of ether oxygens (including phenoxy) is 2. The van der Waals surface area contributed by atoms with Crippen LogP contribution in [0.1, 0.15) is 11.1 Å². The maximum Gasteiger partial charge on any atom is 0.230 e. The number of amides is 1. The highest BCUT2D eigenvalue weighted by atomic mass is 32.2. The lowest BCUT2D eigenvalue weighted by Gasteiger charge is -2.10. The molecule has 0 spiro atoms. The largest absolute Gasteiger partial charge is 0.493 e. The van der Waals surface area contributed by atoms with Crippen molar-refractivity contribution in [3.05, 3.63) is 59.0 Å². The third-order valence-corrected chi connectivity index (χ3v) is 6.36. The van der Waals surface area contributed by atoms with Crippen LogP contribution in [0.25, 0.3) is 11.3 Å². The van der Waals surface area contributed by atoms with Crippen LogP contribution in [0.4, 0.5) is 0 Å². The minimum atomic E-state index is 0.00237. The molecule has 1 amide bonds. The van der Waals surface area contributed by atoms with E-state index in [1.165, 1.54) is 17.3 Å². The van der Waals surface area contributed by atoms with Crippen LogP contribution in [0.15, 0.2) is 52.2 Å². The number of aromatic nitrogens is 1. The number of methoxy groups -OCH3 is 2. The first-order valence-electron chi connectivity index (χ1n) is 9.22. The minimum Gasteiger partial charge on any atom is -0.493 e. The number of nitrogens with one attached hydrogen (secondary N) is 1. The van der Waals surface area contributed by atoms with Gasteiger partial charge in [0.05, 0.1) is 25.7 Å². The van der Waals surface area contributed by atoms with Crippen molar-refractivity contribution in [2.75, 3.05) is 26.5 Å².